The fourth-order valence-electron chi connectivity index (χ4n) is 1.16. The van der Waals surface area contributed by atoms with Crippen molar-refractivity contribution in [3.8, 4) is 24.7 Å². The maximum absolute atomic E-state index is 5.23. The summed E-state index contributed by atoms with van der Waals surface area (Å²) in [5, 5.41) is 0.933. The SMILES string of the molecule is C#Cc1ccc2ccc(C#C)nc2n1. The van der Waals surface area contributed by atoms with Crippen molar-refractivity contribution in [1.82, 2.24) is 9.97 Å². The Hall–Kier alpha value is -2.32. The number of fused-ring (bicyclic) bond motifs is 1. The van der Waals surface area contributed by atoms with Crippen LogP contribution >= 0.6 is 0 Å². The van der Waals surface area contributed by atoms with E-state index in [0.717, 1.165) is 5.39 Å². The zero-order valence-corrected chi connectivity index (χ0v) is 7.36. The van der Waals surface area contributed by atoms with E-state index in [1.807, 2.05) is 12.1 Å². The molecule has 2 heteroatoms. The van der Waals surface area contributed by atoms with Crippen molar-refractivity contribution in [3.05, 3.63) is 35.7 Å². The van der Waals surface area contributed by atoms with Crippen molar-refractivity contribution in [3.63, 3.8) is 0 Å². The zero-order valence-electron chi connectivity index (χ0n) is 7.36. The molecule has 0 atom stereocenters. The fraction of sp³-hybridized carbons (Fsp3) is 0. The summed E-state index contributed by atoms with van der Waals surface area (Å²) in [7, 11) is 0. The molecule has 0 saturated carbocycles. The minimum atomic E-state index is 0.569. The highest BCUT2D eigenvalue weighted by molar-refractivity contribution is 5.75. The number of hydrogen-bond acceptors (Lipinski definition) is 2. The second-order valence-electron chi connectivity index (χ2n) is 2.73. The molecule has 0 amide bonds. The molecule has 0 aliphatic rings. The first-order valence-corrected chi connectivity index (χ1v) is 4.04. The molecule has 64 valence electrons. The van der Waals surface area contributed by atoms with Crippen LogP contribution in [0.4, 0.5) is 0 Å². The summed E-state index contributed by atoms with van der Waals surface area (Å²) in [6.45, 7) is 0. The van der Waals surface area contributed by atoms with Gasteiger partial charge in [0, 0.05) is 5.39 Å². The summed E-state index contributed by atoms with van der Waals surface area (Å²) in [5.74, 6) is 4.91. The normalized spacial score (nSPS) is 9.29. The van der Waals surface area contributed by atoms with Gasteiger partial charge in [0.15, 0.2) is 5.65 Å². The molecule has 0 saturated heterocycles. The average Bonchev–Trinajstić information content (AvgIpc) is 2.27. The lowest BCUT2D eigenvalue weighted by Gasteiger charge is -1.97. The van der Waals surface area contributed by atoms with Crippen LogP contribution in [-0.2, 0) is 0 Å². The summed E-state index contributed by atoms with van der Waals surface area (Å²) < 4.78 is 0. The third-order valence-corrected chi connectivity index (χ3v) is 1.85. The van der Waals surface area contributed by atoms with Gasteiger partial charge in [0.2, 0.25) is 0 Å². The Kier molecular flexibility index (Phi) is 1.89. The van der Waals surface area contributed by atoms with Crippen LogP contribution in [0.15, 0.2) is 24.3 Å². The molecule has 0 aliphatic heterocycles. The number of pyridine rings is 2. The molecule has 0 aliphatic carbocycles. The van der Waals surface area contributed by atoms with Gasteiger partial charge in [0.1, 0.15) is 11.4 Å². The molecule has 2 nitrogen and oxygen atoms in total. The third kappa shape index (κ3) is 1.30. The fourth-order valence-corrected chi connectivity index (χ4v) is 1.16. The Morgan fingerprint density at radius 3 is 1.79 bits per heavy atom. The van der Waals surface area contributed by atoms with E-state index in [1.54, 1.807) is 12.1 Å². The maximum Gasteiger partial charge on any atom is 0.161 e. The predicted octanol–water partition coefficient (Wildman–Crippen LogP) is 1.59. The maximum atomic E-state index is 5.23. The van der Waals surface area contributed by atoms with Crippen LogP contribution in [0.2, 0.25) is 0 Å². The molecule has 0 radical (unpaired) electrons. The molecule has 2 aromatic rings. The topological polar surface area (TPSA) is 25.8 Å². The lowest BCUT2D eigenvalue weighted by atomic mass is 10.2. The van der Waals surface area contributed by atoms with Gasteiger partial charge < -0.3 is 0 Å². The minimum absolute atomic E-state index is 0.569. The number of rotatable bonds is 0. The molecule has 0 unspecified atom stereocenters. The average molecular weight is 178 g/mol. The highest BCUT2D eigenvalue weighted by Crippen LogP contribution is 2.10. The number of nitrogens with zero attached hydrogens (tertiary/aromatic N) is 2. The van der Waals surface area contributed by atoms with Crippen LogP contribution in [0.3, 0.4) is 0 Å². The molecule has 0 N–H and O–H groups in total. The Balaban J connectivity index is 2.75. The first-order chi connectivity index (χ1) is 6.83. The minimum Gasteiger partial charge on any atom is -0.220 e. The standard InChI is InChI=1S/C12H6N2/c1-3-10-7-5-9-6-8-11(4-2)14-12(9)13-10/h1-2,5-8H. The summed E-state index contributed by atoms with van der Waals surface area (Å²) >= 11 is 0. The van der Waals surface area contributed by atoms with Gasteiger partial charge in [-0.25, -0.2) is 9.97 Å². The Morgan fingerprint density at radius 1 is 0.857 bits per heavy atom. The third-order valence-electron chi connectivity index (χ3n) is 1.85. The largest absolute Gasteiger partial charge is 0.220 e. The van der Waals surface area contributed by atoms with E-state index in [2.05, 4.69) is 21.8 Å². The van der Waals surface area contributed by atoms with Crippen molar-refractivity contribution in [2.45, 2.75) is 0 Å². The van der Waals surface area contributed by atoms with Crippen LogP contribution < -0.4 is 0 Å². The highest BCUT2D eigenvalue weighted by Gasteiger charge is 1.98. The van der Waals surface area contributed by atoms with Gasteiger partial charge >= 0.3 is 0 Å². The predicted molar refractivity (Wildman–Crippen MR) is 55.4 cm³/mol. The molecule has 2 rings (SSSR count). The lowest BCUT2D eigenvalue weighted by molar-refractivity contribution is 1.25. The molecule has 0 fully saturated rings. The Labute approximate surface area is 82.0 Å². The second-order valence-corrected chi connectivity index (χ2v) is 2.73. The van der Waals surface area contributed by atoms with E-state index in [0.29, 0.717) is 17.0 Å². The van der Waals surface area contributed by atoms with Gasteiger partial charge in [-0.15, -0.1) is 12.8 Å². The summed E-state index contributed by atoms with van der Waals surface area (Å²) in [6, 6.07) is 7.31. The van der Waals surface area contributed by atoms with Gasteiger partial charge in [0.05, 0.1) is 0 Å². The molecule has 14 heavy (non-hydrogen) atoms. The first kappa shape index (κ1) is 8.29. The summed E-state index contributed by atoms with van der Waals surface area (Å²) in [6.07, 6.45) is 10.5. The second kappa shape index (κ2) is 3.20. The number of terminal acetylenes is 2. The van der Waals surface area contributed by atoms with E-state index < -0.39 is 0 Å². The van der Waals surface area contributed by atoms with E-state index in [-0.39, 0.29) is 0 Å². The summed E-state index contributed by atoms with van der Waals surface area (Å²) in [4.78, 5) is 8.32. The number of aromatic nitrogens is 2. The highest BCUT2D eigenvalue weighted by atomic mass is 14.8. The molecular formula is C12H6N2. The van der Waals surface area contributed by atoms with Crippen molar-refractivity contribution >= 4 is 11.0 Å². The Morgan fingerprint density at radius 2 is 1.36 bits per heavy atom. The molecule has 2 heterocycles. The van der Waals surface area contributed by atoms with Crippen LogP contribution in [0.1, 0.15) is 11.4 Å². The van der Waals surface area contributed by atoms with Gasteiger partial charge in [0.25, 0.3) is 0 Å². The molecule has 2 aromatic heterocycles. The monoisotopic (exact) mass is 178 g/mol. The molecular weight excluding hydrogens is 172 g/mol. The van der Waals surface area contributed by atoms with E-state index in [9.17, 15) is 0 Å². The summed E-state index contributed by atoms with van der Waals surface area (Å²) in [5.41, 5.74) is 1.73. The molecule has 0 aromatic carbocycles. The van der Waals surface area contributed by atoms with Gasteiger partial charge in [-0.1, -0.05) is 11.8 Å². The van der Waals surface area contributed by atoms with Gasteiger partial charge in [-0.3, -0.25) is 0 Å². The van der Waals surface area contributed by atoms with E-state index >= 15 is 0 Å². The lowest BCUT2D eigenvalue weighted by Crippen LogP contribution is -1.89. The van der Waals surface area contributed by atoms with Crippen LogP contribution in [0.25, 0.3) is 11.0 Å². The van der Waals surface area contributed by atoms with E-state index in [4.69, 9.17) is 12.8 Å². The zero-order chi connectivity index (χ0) is 9.97. The van der Waals surface area contributed by atoms with Crippen molar-refractivity contribution < 1.29 is 0 Å². The van der Waals surface area contributed by atoms with Crippen LogP contribution in [-0.4, -0.2) is 9.97 Å². The number of hydrogen-bond donors (Lipinski definition) is 0. The Bertz CT molecular complexity index is 522. The van der Waals surface area contributed by atoms with Gasteiger partial charge in [-0.2, -0.15) is 0 Å². The molecule has 0 spiro atoms. The smallest absolute Gasteiger partial charge is 0.161 e. The van der Waals surface area contributed by atoms with Crippen molar-refractivity contribution in [2.75, 3.05) is 0 Å². The van der Waals surface area contributed by atoms with Crippen molar-refractivity contribution in [1.29, 1.82) is 0 Å². The first-order valence-electron chi connectivity index (χ1n) is 4.04. The van der Waals surface area contributed by atoms with Gasteiger partial charge in [-0.05, 0) is 24.3 Å². The molecule has 0 bridgehead atoms. The van der Waals surface area contributed by atoms with Crippen molar-refractivity contribution in [2.24, 2.45) is 0 Å². The van der Waals surface area contributed by atoms with E-state index in [1.165, 1.54) is 0 Å². The van der Waals surface area contributed by atoms with Crippen LogP contribution in [0.5, 0.6) is 0 Å². The van der Waals surface area contributed by atoms with Crippen LogP contribution in [0, 0.1) is 24.7 Å². The quantitative estimate of drug-likeness (QED) is 0.572.